The molecule has 0 saturated carbocycles. The number of hydrogen-bond acceptors (Lipinski definition) is 5. The highest BCUT2D eigenvalue weighted by Gasteiger charge is 2.27. The Morgan fingerprint density at radius 1 is 1.14 bits per heavy atom. The van der Waals surface area contributed by atoms with Crippen LogP contribution in [0.1, 0.15) is 6.92 Å². The van der Waals surface area contributed by atoms with Crippen LogP contribution in [-0.4, -0.2) is 32.2 Å². The van der Waals surface area contributed by atoms with Gasteiger partial charge < -0.3 is 4.79 Å². The summed E-state index contributed by atoms with van der Waals surface area (Å²) in [5, 5.41) is 0. The number of rotatable bonds is 4. The standard InChI is InChI=1S/C5H8O7S2/c1-4(3-6)2-5(13(7,8)9)14(10,11)12/h2-4H,1H3,(H,7,8,9)(H,10,11,12). The van der Waals surface area contributed by atoms with Crippen LogP contribution in [0.15, 0.2) is 10.3 Å². The predicted molar refractivity (Wildman–Crippen MR) is 46.4 cm³/mol. The number of hydrogen-bond donors (Lipinski definition) is 2. The van der Waals surface area contributed by atoms with E-state index in [2.05, 4.69) is 0 Å². The van der Waals surface area contributed by atoms with Crippen LogP contribution in [-0.2, 0) is 25.0 Å². The Morgan fingerprint density at radius 3 is 1.71 bits per heavy atom. The Morgan fingerprint density at radius 2 is 1.50 bits per heavy atom. The summed E-state index contributed by atoms with van der Waals surface area (Å²) in [4.78, 5) is 10.1. The minimum absolute atomic E-state index is 0.246. The molecule has 0 aliphatic heterocycles. The van der Waals surface area contributed by atoms with E-state index < -0.39 is 30.4 Å². The Bertz CT molecular complexity index is 406. The first-order valence-electron chi connectivity index (χ1n) is 3.21. The van der Waals surface area contributed by atoms with Crippen molar-refractivity contribution in [2.45, 2.75) is 6.92 Å². The van der Waals surface area contributed by atoms with Gasteiger partial charge in [0.15, 0.2) is 0 Å². The monoisotopic (exact) mass is 244 g/mol. The molecule has 0 aliphatic rings. The summed E-state index contributed by atoms with van der Waals surface area (Å²) in [7, 11) is -10.1. The lowest BCUT2D eigenvalue weighted by molar-refractivity contribution is -0.109. The Kier molecular flexibility index (Phi) is 3.94. The third kappa shape index (κ3) is 3.96. The smallest absolute Gasteiger partial charge is 0.303 e. The Hall–Kier alpha value is -0.770. The molecular formula is C5H8O7S2. The van der Waals surface area contributed by atoms with Gasteiger partial charge in [-0.05, 0) is 6.08 Å². The van der Waals surface area contributed by atoms with Gasteiger partial charge in [-0.2, -0.15) is 16.8 Å². The Balaban J connectivity index is 5.60. The zero-order valence-electron chi connectivity index (χ0n) is 6.98. The summed E-state index contributed by atoms with van der Waals surface area (Å²) in [6.07, 6.45) is 0.675. The molecule has 0 aromatic heterocycles. The lowest BCUT2D eigenvalue weighted by Crippen LogP contribution is -2.14. The molecular weight excluding hydrogens is 236 g/mol. The Labute approximate surface area is 80.9 Å². The quantitative estimate of drug-likeness (QED) is 0.501. The predicted octanol–water partition coefficient (Wildman–Crippen LogP) is -0.562. The number of carbonyl (C=O) groups excluding carboxylic acids is 1. The van der Waals surface area contributed by atoms with Crippen LogP contribution in [0.2, 0.25) is 0 Å². The molecule has 0 radical (unpaired) electrons. The molecule has 9 heteroatoms. The van der Waals surface area contributed by atoms with Crippen LogP contribution < -0.4 is 0 Å². The number of aldehydes is 1. The third-order valence-electron chi connectivity index (χ3n) is 1.12. The van der Waals surface area contributed by atoms with Gasteiger partial charge in [0, 0.05) is 5.92 Å². The van der Waals surface area contributed by atoms with E-state index in [0.29, 0.717) is 6.08 Å². The average molecular weight is 244 g/mol. The maximum Gasteiger partial charge on any atom is 0.307 e. The van der Waals surface area contributed by atoms with Crippen molar-refractivity contribution in [3.8, 4) is 0 Å². The van der Waals surface area contributed by atoms with Crippen LogP contribution in [0.25, 0.3) is 0 Å². The van der Waals surface area contributed by atoms with E-state index in [4.69, 9.17) is 9.11 Å². The van der Waals surface area contributed by atoms with Crippen molar-refractivity contribution in [1.82, 2.24) is 0 Å². The minimum atomic E-state index is -5.06. The lowest BCUT2D eigenvalue weighted by Gasteiger charge is -2.01. The summed E-state index contributed by atoms with van der Waals surface area (Å²) in [6.45, 7) is 1.18. The fourth-order valence-corrected chi connectivity index (χ4v) is 2.40. The van der Waals surface area contributed by atoms with Gasteiger partial charge >= 0.3 is 20.2 Å². The second kappa shape index (κ2) is 4.17. The summed E-state index contributed by atoms with van der Waals surface area (Å²) in [6, 6.07) is 0. The maximum absolute atomic E-state index is 10.5. The molecule has 7 nitrogen and oxygen atoms in total. The highest BCUT2D eigenvalue weighted by Crippen LogP contribution is 2.14. The van der Waals surface area contributed by atoms with Gasteiger partial charge in [-0.1, -0.05) is 6.92 Å². The van der Waals surface area contributed by atoms with E-state index in [9.17, 15) is 21.6 Å². The van der Waals surface area contributed by atoms with Crippen LogP contribution in [0.4, 0.5) is 0 Å². The van der Waals surface area contributed by atoms with Crippen LogP contribution in [0, 0.1) is 5.92 Å². The molecule has 0 aromatic rings. The van der Waals surface area contributed by atoms with Crippen LogP contribution >= 0.6 is 0 Å². The van der Waals surface area contributed by atoms with Gasteiger partial charge in [0.2, 0.25) is 4.24 Å². The van der Waals surface area contributed by atoms with Crippen molar-refractivity contribution in [3.05, 3.63) is 10.3 Å². The van der Waals surface area contributed by atoms with Gasteiger partial charge in [0.25, 0.3) is 0 Å². The highest BCUT2D eigenvalue weighted by molar-refractivity contribution is 8.09. The van der Waals surface area contributed by atoms with E-state index >= 15 is 0 Å². The second-order valence-corrected chi connectivity index (χ2v) is 5.47. The lowest BCUT2D eigenvalue weighted by atomic mass is 10.2. The zero-order valence-corrected chi connectivity index (χ0v) is 8.62. The third-order valence-corrected chi connectivity index (χ3v) is 3.67. The summed E-state index contributed by atoms with van der Waals surface area (Å²) >= 11 is 0. The van der Waals surface area contributed by atoms with E-state index in [1.54, 1.807) is 0 Å². The largest absolute Gasteiger partial charge is 0.307 e. The molecule has 0 spiro atoms. The van der Waals surface area contributed by atoms with Crippen molar-refractivity contribution >= 4 is 26.5 Å². The van der Waals surface area contributed by atoms with Crippen molar-refractivity contribution in [3.63, 3.8) is 0 Å². The molecule has 0 aromatic carbocycles. The minimum Gasteiger partial charge on any atom is -0.303 e. The first-order valence-corrected chi connectivity index (χ1v) is 6.09. The molecule has 0 aliphatic carbocycles. The topological polar surface area (TPSA) is 126 Å². The van der Waals surface area contributed by atoms with Gasteiger partial charge in [-0.3, -0.25) is 9.11 Å². The average Bonchev–Trinajstić information content (AvgIpc) is 1.95. The molecule has 14 heavy (non-hydrogen) atoms. The van der Waals surface area contributed by atoms with Crippen LogP contribution in [0.5, 0.6) is 0 Å². The molecule has 1 atom stereocenters. The molecule has 0 heterocycles. The van der Waals surface area contributed by atoms with E-state index in [-0.39, 0.29) is 6.29 Å². The SMILES string of the molecule is CC(C=O)C=C(S(=O)(=O)O)S(=O)(=O)O. The van der Waals surface area contributed by atoms with Crippen molar-refractivity contribution < 1.29 is 30.7 Å². The van der Waals surface area contributed by atoms with Crippen molar-refractivity contribution in [2.75, 3.05) is 0 Å². The first-order chi connectivity index (χ1) is 6.09. The highest BCUT2D eigenvalue weighted by atomic mass is 32.3. The van der Waals surface area contributed by atoms with Gasteiger partial charge in [-0.15, -0.1) is 0 Å². The fourth-order valence-electron chi connectivity index (χ4n) is 0.559. The van der Waals surface area contributed by atoms with Gasteiger partial charge in [-0.25, -0.2) is 0 Å². The first kappa shape index (κ1) is 13.2. The van der Waals surface area contributed by atoms with Crippen LogP contribution in [0.3, 0.4) is 0 Å². The van der Waals surface area contributed by atoms with Gasteiger partial charge in [0.1, 0.15) is 6.29 Å². The number of carbonyl (C=O) groups is 1. The van der Waals surface area contributed by atoms with Crippen molar-refractivity contribution in [2.24, 2.45) is 5.92 Å². The summed E-state index contributed by atoms with van der Waals surface area (Å²) in [5.74, 6) is -1.06. The van der Waals surface area contributed by atoms with E-state index in [0.717, 1.165) is 0 Å². The maximum atomic E-state index is 10.5. The van der Waals surface area contributed by atoms with E-state index in [1.165, 1.54) is 6.92 Å². The van der Waals surface area contributed by atoms with Crippen molar-refractivity contribution in [1.29, 1.82) is 0 Å². The summed E-state index contributed by atoms with van der Waals surface area (Å²) < 4.78 is 57.1. The van der Waals surface area contributed by atoms with Gasteiger partial charge in [0.05, 0.1) is 0 Å². The fraction of sp³-hybridized carbons (Fsp3) is 0.400. The molecule has 1 unspecified atom stereocenters. The van der Waals surface area contributed by atoms with E-state index in [1.807, 2.05) is 0 Å². The molecule has 82 valence electrons. The molecule has 0 bridgehead atoms. The normalized spacial score (nSPS) is 14.5. The molecule has 0 fully saturated rings. The molecule has 0 rings (SSSR count). The second-order valence-electron chi connectivity index (χ2n) is 2.43. The molecule has 0 saturated heterocycles. The molecule has 0 amide bonds. The number of allylic oxidation sites excluding steroid dienone is 1. The molecule has 2 N–H and O–H groups in total. The summed E-state index contributed by atoms with van der Waals surface area (Å²) in [5.41, 5.74) is 0. The zero-order chi connectivity index (χ0) is 11.6.